The smallest absolute Gasteiger partial charge is 0.407 e. The van der Waals surface area contributed by atoms with E-state index in [1.807, 2.05) is 30.3 Å². The molecule has 6 aliphatic rings. The number of aliphatic hydroxyl groups is 4. The van der Waals surface area contributed by atoms with Gasteiger partial charge in [-0.15, -0.1) is 0 Å². The Hall–Kier alpha value is -4.46. The second-order valence-electron chi connectivity index (χ2n) is 21.9. The molecule has 17 nitrogen and oxygen atoms in total. The van der Waals surface area contributed by atoms with Crippen molar-refractivity contribution in [2.24, 2.45) is 40.4 Å². The minimum Gasteiger partial charge on any atom is -0.497 e. The van der Waals surface area contributed by atoms with Gasteiger partial charge in [0.2, 0.25) is 0 Å². The second-order valence-corrected chi connectivity index (χ2v) is 21.9. The Kier molecular flexibility index (Phi) is 16.6. The van der Waals surface area contributed by atoms with Crippen LogP contribution in [0.1, 0.15) is 115 Å². The summed E-state index contributed by atoms with van der Waals surface area (Å²) in [5.41, 5.74) is -0.330. The summed E-state index contributed by atoms with van der Waals surface area (Å²) in [6.45, 7) is 11.0. The molecule has 2 aromatic carbocycles. The van der Waals surface area contributed by atoms with Crippen LogP contribution < -0.4 is 10.1 Å². The summed E-state index contributed by atoms with van der Waals surface area (Å²) in [5, 5.41) is 49.8. The quantitative estimate of drug-likeness (QED) is 0.0742. The Morgan fingerprint density at radius 1 is 0.819 bits per heavy atom. The van der Waals surface area contributed by atoms with Crippen LogP contribution in [-0.2, 0) is 49.3 Å². The number of ketones is 1. The molecule has 72 heavy (non-hydrogen) atoms. The van der Waals surface area contributed by atoms with Gasteiger partial charge < -0.3 is 63.6 Å². The fourth-order valence-corrected chi connectivity index (χ4v) is 13.1. The zero-order chi connectivity index (χ0) is 51.7. The van der Waals surface area contributed by atoms with E-state index in [1.54, 1.807) is 19.1 Å². The topological polar surface area (TPSA) is 235 Å². The van der Waals surface area contributed by atoms with Crippen LogP contribution in [0, 0.1) is 40.4 Å². The van der Waals surface area contributed by atoms with E-state index in [0.717, 1.165) is 24.8 Å². The van der Waals surface area contributed by atoms with Gasteiger partial charge in [-0.2, -0.15) is 0 Å². The number of carbonyl (C=O) groups is 4. The molecule has 17 heteroatoms. The van der Waals surface area contributed by atoms with Crippen molar-refractivity contribution >= 4 is 23.8 Å². The van der Waals surface area contributed by atoms with Crippen molar-refractivity contribution in [1.29, 1.82) is 0 Å². The van der Waals surface area contributed by atoms with Gasteiger partial charge in [0.05, 0.1) is 32.0 Å². The van der Waals surface area contributed by atoms with Gasteiger partial charge in [0, 0.05) is 37.6 Å². The molecule has 0 bridgehead atoms. The first-order valence-corrected chi connectivity index (χ1v) is 25.8. The lowest BCUT2D eigenvalue weighted by Crippen LogP contribution is -2.64. The molecule has 2 heterocycles. The van der Waals surface area contributed by atoms with Crippen molar-refractivity contribution in [3.63, 3.8) is 0 Å². The first kappa shape index (κ1) is 53.8. The van der Waals surface area contributed by atoms with E-state index >= 15 is 0 Å². The van der Waals surface area contributed by atoms with Crippen LogP contribution in [0.3, 0.4) is 0 Å². The number of benzene rings is 2. The summed E-state index contributed by atoms with van der Waals surface area (Å²) in [7, 11) is 1.48. The number of rotatable bonds is 16. The Balaban J connectivity index is 1.04. The van der Waals surface area contributed by atoms with Gasteiger partial charge >= 0.3 is 18.0 Å². The van der Waals surface area contributed by atoms with Crippen molar-refractivity contribution in [2.75, 3.05) is 20.3 Å². The predicted molar refractivity (Wildman–Crippen MR) is 259 cm³/mol. The van der Waals surface area contributed by atoms with Gasteiger partial charge in [-0.1, -0.05) is 76.6 Å². The summed E-state index contributed by atoms with van der Waals surface area (Å²) in [5.74, 6) is -1.60. The van der Waals surface area contributed by atoms with E-state index in [0.29, 0.717) is 44.4 Å². The van der Waals surface area contributed by atoms with Crippen LogP contribution >= 0.6 is 0 Å². The average Bonchev–Trinajstić information content (AvgIpc) is 3.59. The van der Waals surface area contributed by atoms with Gasteiger partial charge in [-0.3, -0.25) is 9.59 Å². The molecule has 3 saturated carbocycles. The molecule has 1 amide bonds. The normalized spacial score (nSPS) is 37.7. The number of fused-ring (bicyclic) bond motifs is 5. The van der Waals surface area contributed by atoms with Gasteiger partial charge in [-0.05, 0) is 104 Å². The van der Waals surface area contributed by atoms with Crippen LogP contribution in [0.4, 0.5) is 4.79 Å². The first-order chi connectivity index (χ1) is 34.3. The summed E-state index contributed by atoms with van der Waals surface area (Å²) < 4.78 is 47.9. The Labute approximate surface area is 422 Å². The zero-order valence-electron chi connectivity index (χ0n) is 42.6. The van der Waals surface area contributed by atoms with Gasteiger partial charge in [0.25, 0.3) is 0 Å². The minimum atomic E-state index is -1.72. The number of nitrogens with one attached hydrogen (secondary N) is 1. The monoisotopic (exact) mass is 1010 g/mol. The van der Waals surface area contributed by atoms with Crippen molar-refractivity contribution in [3.05, 3.63) is 77.4 Å². The molecule has 2 aromatic rings. The highest BCUT2D eigenvalue weighted by Crippen LogP contribution is 2.69. The SMILES string of the molecule is COc1ccc(C(=O)O[C@H]2[C@H](O[C@@H]3[C@@H](OC(C)=O)[C@H](O[C@H]4C[C@H]5[C@@H]6CC=C7C[C@@H](OC(=O)NCc8ccccc8)CC[C@]7(C)C6CC[C@]5(C)[C@@]4(O)[C@H](C)C(=O)CCC(C)C)OC[C@@H]3O)OC[C@@H](O)[C@@H]2O)cc1. The van der Waals surface area contributed by atoms with E-state index in [9.17, 15) is 39.6 Å². The molecule has 5 fully saturated rings. The Bertz CT molecular complexity index is 2260. The maximum Gasteiger partial charge on any atom is 0.407 e. The summed E-state index contributed by atoms with van der Waals surface area (Å²) >= 11 is 0. The highest BCUT2D eigenvalue weighted by molar-refractivity contribution is 5.89. The molecular weight excluding hydrogens is 931 g/mol. The summed E-state index contributed by atoms with van der Waals surface area (Å²) in [4.78, 5) is 53.6. The Morgan fingerprint density at radius 2 is 1.51 bits per heavy atom. The number of alkyl carbamates (subject to hydrolysis) is 1. The van der Waals surface area contributed by atoms with Crippen LogP contribution in [-0.4, -0.2) is 132 Å². The van der Waals surface area contributed by atoms with Gasteiger partial charge in [0.1, 0.15) is 47.7 Å². The highest BCUT2D eigenvalue weighted by Gasteiger charge is 2.70. The molecule has 0 radical (unpaired) electrons. The van der Waals surface area contributed by atoms with E-state index < -0.39 is 96.9 Å². The van der Waals surface area contributed by atoms with Gasteiger partial charge in [0.15, 0.2) is 24.8 Å². The molecule has 5 N–H and O–H groups in total. The molecule has 4 aliphatic carbocycles. The number of methoxy groups -OCH3 is 1. The average molecular weight is 1010 g/mol. The molecule has 2 aliphatic heterocycles. The molecule has 17 atom stereocenters. The van der Waals surface area contributed by atoms with Crippen LogP contribution in [0.5, 0.6) is 5.75 Å². The first-order valence-electron chi connectivity index (χ1n) is 25.8. The third kappa shape index (κ3) is 10.7. The van der Waals surface area contributed by atoms with E-state index in [2.05, 4.69) is 39.1 Å². The maximum absolute atomic E-state index is 14.3. The van der Waals surface area contributed by atoms with Crippen molar-refractivity contribution in [2.45, 2.75) is 173 Å². The minimum absolute atomic E-state index is 0.0872. The summed E-state index contributed by atoms with van der Waals surface area (Å²) in [6.07, 6.45) is -6.03. The number of Topliss-reactive ketones (excluding diaryl/α,β-unsaturated/α-hetero) is 1. The molecule has 0 spiro atoms. The third-order valence-electron chi connectivity index (χ3n) is 17.3. The lowest BCUT2D eigenvalue weighted by atomic mass is 9.46. The van der Waals surface area contributed by atoms with E-state index in [1.165, 1.54) is 31.7 Å². The lowest BCUT2D eigenvalue weighted by molar-refractivity contribution is -0.345. The highest BCUT2D eigenvalue weighted by atomic mass is 16.8. The number of allylic oxidation sites excluding steroid dienone is 1. The number of esters is 2. The summed E-state index contributed by atoms with van der Waals surface area (Å²) in [6, 6.07) is 15.7. The second kappa shape index (κ2) is 22.2. The molecule has 8 rings (SSSR count). The number of hydrogen-bond acceptors (Lipinski definition) is 16. The Morgan fingerprint density at radius 3 is 2.19 bits per heavy atom. The number of ether oxygens (including phenoxy) is 8. The number of hydrogen-bond donors (Lipinski definition) is 5. The van der Waals surface area contributed by atoms with Crippen LogP contribution in [0.2, 0.25) is 0 Å². The molecule has 396 valence electrons. The van der Waals surface area contributed by atoms with E-state index in [4.69, 9.17) is 37.9 Å². The lowest BCUT2D eigenvalue weighted by Gasteiger charge is -2.59. The third-order valence-corrected chi connectivity index (χ3v) is 17.3. The van der Waals surface area contributed by atoms with Gasteiger partial charge in [-0.25, -0.2) is 9.59 Å². The predicted octanol–water partition coefficient (Wildman–Crippen LogP) is 5.96. The zero-order valence-corrected chi connectivity index (χ0v) is 42.6. The van der Waals surface area contributed by atoms with Crippen LogP contribution in [0.25, 0.3) is 0 Å². The number of carbonyl (C=O) groups excluding carboxylic acids is 4. The standard InChI is InChI=1S/C55H75NO16/c1-30(2)13-20-41(58)31(3)55(64)44(26-40-38-19-16-35-25-37(69-52(63)56-27-33-11-9-8-10-12-33)21-23-53(35,5)39(38)22-24-54(40,55)6)70-51-48(68-32(4)57)46(43(60)29-67-51)72-50-47(45(61)42(59)28-66-50)71-49(62)34-14-17-36(65-7)18-15-34/h8-12,14-18,30-31,37-40,42-48,50-51,59-61,64H,13,19-29H2,1-7H3,(H,56,63)/t31-,37+,38-,39?,40+,42-,43+,44+,45+,46+,47-,48-,50+,51+,53+,54+,55-/m1/s1. The van der Waals surface area contributed by atoms with E-state index in [-0.39, 0.29) is 59.6 Å². The molecular formula is C55H75NO16. The molecule has 0 aromatic heterocycles. The van der Waals surface area contributed by atoms with Crippen LogP contribution in [0.15, 0.2) is 66.2 Å². The largest absolute Gasteiger partial charge is 0.497 e. The van der Waals surface area contributed by atoms with Crippen molar-refractivity contribution in [1.82, 2.24) is 5.32 Å². The molecule has 2 saturated heterocycles. The fraction of sp³-hybridized carbons (Fsp3) is 0.673. The number of aliphatic hydroxyl groups excluding tert-OH is 3. The van der Waals surface area contributed by atoms with Crippen molar-refractivity contribution in [3.8, 4) is 5.75 Å². The number of amides is 1. The van der Waals surface area contributed by atoms with Crippen molar-refractivity contribution < 1.29 is 77.5 Å². The molecule has 1 unspecified atom stereocenters. The fourth-order valence-electron chi connectivity index (χ4n) is 13.1. The maximum atomic E-state index is 14.3.